The van der Waals surface area contributed by atoms with Crippen LogP contribution in [0.3, 0.4) is 0 Å². The van der Waals surface area contributed by atoms with E-state index in [1.165, 1.54) is 11.4 Å². The third-order valence-corrected chi connectivity index (χ3v) is 7.79. The van der Waals surface area contributed by atoms with Crippen molar-refractivity contribution < 1.29 is 17.7 Å². The molecule has 2 heterocycles. The highest BCUT2D eigenvalue weighted by molar-refractivity contribution is 7.93. The summed E-state index contributed by atoms with van der Waals surface area (Å²) >= 11 is 7.05. The highest BCUT2D eigenvalue weighted by atomic mass is 35.5. The van der Waals surface area contributed by atoms with Crippen molar-refractivity contribution in [2.24, 2.45) is 0 Å². The molecule has 0 unspecified atom stereocenters. The number of carbonyl (C=O) groups is 1. The number of aromatic nitrogens is 1. The molecule has 0 fully saturated rings. The molecular weight excluding hydrogens is 482 g/mol. The minimum Gasteiger partial charge on any atom is -0.336 e. The number of hydrogen-bond donors (Lipinski definition) is 2. The van der Waals surface area contributed by atoms with Crippen molar-refractivity contribution in [3.63, 3.8) is 0 Å². The van der Waals surface area contributed by atoms with Crippen molar-refractivity contribution in [2.75, 3.05) is 10.0 Å². The van der Waals surface area contributed by atoms with Crippen molar-refractivity contribution in [3.8, 4) is 11.1 Å². The SMILES string of the molecule is Cc1cc(C)c(-c2ccccc2)c(NC(=O)c2sccc2S(=O)(=O)Nc2onc(C)c2Cl)c1. The highest BCUT2D eigenvalue weighted by Crippen LogP contribution is 2.34. The first-order valence-electron chi connectivity index (χ1n) is 9.87. The Hall–Kier alpha value is -3.14. The smallest absolute Gasteiger partial charge is 0.267 e. The predicted octanol–water partition coefficient (Wildman–Crippen LogP) is 6.03. The zero-order valence-corrected chi connectivity index (χ0v) is 20.4. The molecule has 7 nitrogen and oxygen atoms in total. The lowest BCUT2D eigenvalue weighted by Crippen LogP contribution is -2.18. The number of hydrogen-bond acceptors (Lipinski definition) is 6. The number of benzene rings is 2. The Balaban J connectivity index is 1.68. The quantitative estimate of drug-likeness (QED) is 0.335. The predicted molar refractivity (Wildman–Crippen MR) is 131 cm³/mol. The third kappa shape index (κ3) is 4.66. The van der Waals surface area contributed by atoms with Crippen LogP contribution in [0.2, 0.25) is 5.02 Å². The number of carbonyl (C=O) groups excluding carboxylic acids is 1. The monoisotopic (exact) mass is 501 g/mol. The second kappa shape index (κ2) is 9.01. The molecule has 4 rings (SSSR count). The molecule has 0 aliphatic rings. The normalized spacial score (nSPS) is 11.4. The Kier molecular flexibility index (Phi) is 6.29. The summed E-state index contributed by atoms with van der Waals surface area (Å²) in [5.74, 6) is -0.736. The molecule has 0 saturated carbocycles. The molecule has 1 amide bonds. The number of thiophene rings is 1. The van der Waals surface area contributed by atoms with Gasteiger partial charge in [-0.1, -0.05) is 53.2 Å². The van der Waals surface area contributed by atoms with E-state index in [2.05, 4.69) is 15.2 Å². The number of nitrogens with zero attached hydrogens (tertiary/aromatic N) is 1. The van der Waals surface area contributed by atoms with Crippen LogP contribution in [0.15, 0.2) is 63.3 Å². The van der Waals surface area contributed by atoms with Crippen LogP contribution >= 0.6 is 22.9 Å². The van der Waals surface area contributed by atoms with Crippen LogP contribution in [0.25, 0.3) is 11.1 Å². The fourth-order valence-corrected chi connectivity index (χ4v) is 6.00. The Bertz CT molecular complexity index is 1440. The van der Waals surface area contributed by atoms with Gasteiger partial charge in [-0.2, -0.15) is 0 Å². The molecule has 4 aromatic rings. The summed E-state index contributed by atoms with van der Waals surface area (Å²) in [6, 6.07) is 14.9. The number of nitrogens with one attached hydrogen (secondary N) is 2. The summed E-state index contributed by atoms with van der Waals surface area (Å²) in [5, 5.41) is 8.14. The number of sulfonamides is 1. The number of rotatable bonds is 6. The van der Waals surface area contributed by atoms with E-state index in [1.807, 2.05) is 56.3 Å². The minimum absolute atomic E-state index is 0.0352. The van der Waals surface area contributed by atoms with Gasteiger partial charge in [0.25, 0.3) is 21.8 Å². The lowest BCUT2D eigenvalue weighted by atomic mass is 9.96. The molecule has 33 heavy (non-hydrogen) atoms. The Morgan fingerprint density at radius 3 is 2.48 bits per heavy atom. The molecule has 0 aliphatic heterocycles. The van der Waals surface area contributed by atoms with Crippen molar-refractivity contribution in [1.29, 1.82) is 0 Å². The minimum atomic E-state index is -4.14. The van der Waals surface area contributed by atoms with E-state index in [-0.39, 0.29) is 20.7 Å². The Morgan fingerprint density at radius 1 is 1.09 bits per heavy atom. The van der Waals surface area contributed by atoms with E-state index in [0.717, 1.165) is 33.6 Å². The fourth-order valence-electron chi connectivity index (χ4n) is 3.51. The molecule has 0 aliphatic carbocycles. The Labute approximate surface area is 200 Å². The lowest BCUT2D eigenvalue weighted by molar-refractivity contribution is 0.102. The van der Waals surface area contributed by atoms with Crippen molar-refractivity contribution >= 4 is 50.4 Å². The summed E-state index contributed by atoms with van der Waals surface area (Å²) in [6.45, 7) is 5.49. The van der Waals surface area contributed by atoms with E-state index in [1.54, 1.807) is 6.92 Å². The molecule has 170 valence electrons. The van der Waals surface area contributed by atoms with Gasteiger partial charge < -0.3 is 9.84 Å². The average molecular weight is 502 g/mol. The molecule has 0 atom stereocenters. The maximum atomic E-state index is 13.2. The molecule has 0 saturated heterocycles. The number of anilines is 2. The van der Waals surface area contributed by atoms with Crippen LogP contribution in [0, 0.1) is 20.8 Å². The molecular formula is C23H20ClN3O4S2. The van der Waals surface area contributed by atoms with Gasteiger partial charge in [-0.15, -0.1) is 11.3 Å². The van der Waals surface area contributed by atoms with Crippen LogP contribution < -0.4 is 10.0 Å². The lowest BCUT2D eigenvalue weighted by Gasteiger charge is -2.16. The molecule has 2 aromatic carbocycles. The van der Waals surface area contributed by atoms with E-state index in [4.69, 9.17) is 16.1 Å². The zero-order valence-electron chi connectivity index (χ0n) is 18.0. The van der Waals surface area contributed by atoms with Gasteiger partial charge in [-0.25, -0.2) is 13.1 Å². The van der Waals surface area contributed by atoms with Crippen molar-refractivity contribution in [1.82, 2.24) is 5.16 Å². The van der Waals surface area contributed by atoms with Crippen LogP contribution in [0.4, 0.5) is 11.6 Å². The molecule has 0 spiro atoms. The van der Waals surface area contributed by atoms with Gasteiger partial charge in [0.05, 0.1) is 0 Å². The van der Waals surface area contributed by atoms with E-state index >= 15 is 0 Å². The van der Waals surface area contributed by atoms with Crippen LogP contribution in [-0.2, 0) is 10.0 Å². The van der Waals surface area contributed by atoms with E-state index in [9.17, 15) is 13.2 Å². The van der Waals surface area contributed by atoms with Gasteiger partial charge in [0, 0.05) is 11.3 Å². The topological polar surface area (TPSA) is 101 Å². The first-order chi connectivity index (χ1) is 15.7. The van der Waals surface area contributed by atoms with Crippen LogP contribution in [0.1, 0.15) is 26.5 Å². The zero-order chi connectivity index (χ0) is 23.8. The van der Waals surface area contributed by atoms with E-state index in [0.29, 0.717) is 11.4 Å². The second-order valence-corrected chi connectivity index (χ2v) is 10.4. The summed E-state index contributed by atoms with van der Waals surface area (Å²) in [6.07, 6.45) is 0. The summed E-state index contributed by atoms with van der Waals surface area (Å²) < 4.78 is 33.1. The average Bonchev–Trinajstić information content (AvgIpc) is 3.37. The number of halogens is 1. The molecule has 2 N–H and O–H groups in total. The molecule has 0 bridgehead atoms. The maximum Gasteiger partial charge on any atom is 0.267 e. The first kappa shape index (κ1) is 23.0. The van der Waals surface area contributed by atoms with Gasteiger partial charge in [-0.05, 0) is 55.0 Å². The standard InChI is InChI=1S/C23H20ClN3O4S2/c1-13-11-14(2)19(16-7-5-4-6-8-16)17(12-13)25-22(28)21-18(9-10-32-21)33(29,30)27-23-20(24)15(3)26-31-23/h4-12,27H,1-3H3,(H,25,28). The molecule has 10 heteroatoms. The van der Waals surface area contributed by atoms with Crippen LogP contribution in [-0.4, -0.2) is 19.5 Å². The highest BCUT2D eigenvalue weighted by Gasteiger charge is 2.27. The summed E-state index contributed by atoms with van der Waals surface area (Å²) in [4.78, 5) is 13.1. The molecule has 0 radical (unpaired) electrons. The van der Waals surface area contributed by atoms with Gasteiger partial charge in [0.15, 0.2) is 0 Å². The summed E-state index contributed by atoms with van der Waals surface area (Å²) in [5.41, 5.74) is 4.73. The largest absolute Gasteiger partial charge is 0.336 e. The second-order valence-electron chi connectivity index (χ2n) is 7.46. The Morgan fingerprint density at radius 2 is 1.82 bits per heavy atom. The van der Waals surface area contributed by atoms with Crippen molar-refractivity contribution in [2.45, 2.75) is 25.7 Å². The number of aryl methyl sites for hydroxylation is 3. The maximum absolute atomic E-state index is 13.2. The van der Waals surface area contributed by atoms with Crippen molar-refractivity contribution in [3.05, 3.63) is 80.6 Å². The van der Waals surface area contributed by atoms with Gasteiger partial charge in [-0.3, -0.25) is 4.79 Å². The van der Waals surface area contributed by atoms with E-state index < -0.39 is 15.9 Å². The first-order valence-corrected chi connectivity index (χ1v) is 12.6. The summed E-state index contributed by atoms with van der Waals surface area (Å²) in [7, 11) is -4.14. The van der Waals surface area contributed by atoms with Gasteiger partial charge in [0.1, 0.15) is 20.5 Å². The fraction of sp³-hybridized carbons (Fsp3) is 0.130. The third-order valence-electron chi connectivity index (χ3n) is 4.93. The molecule has 2 aromatic heterocycles. The van der Waals surface area contributed by atoms with Gasteiger partial charge >= 0.3 is 0 Å². The number of amides is 1. The van der Waals surface area contributed by atoms with Gasteiger partial charge in [0.2, 0.25) is 0 Å². The van der Waals surface area contributed by atoms with Crippen LogP contribution in [0.5, 0.6) is 0 Å².